The Morgan fingerprint density at radius 3 is 2.76 bits per heavy atom. The van der Waals surface area contributed by atoms with Gasteiger partial charge in [-0.05, 0) is 12.1 Å². The maximum absolute atomic E-state index is 11.7. The summed E-state index contributed by atoms with van der Waals surface area (Å²) in [6.07, 6.45) is 2.13. The standard InChI is InChI=1S/C10H11Cl3N2O2/c1-2-5-14-9(10(11,12)13)15-8(16)7-4-3-6-17-7/h2-4,6,9,14H,1,5H2,(H,15,16)/t9-/m1/s1. The van der Waals surface area contributed by atoms with Gasteiger partial charge in [-0.2, -0.15) is 0 Å². The van der Waals surface area contributed by atoms with Gasteiger partial charge in [0.05, 0.1) is 6.26 Å². The van der Waals surface area contributed by atoms with Gasteiger partial charge in [-0.15, -0.1) is 6.58 Å². The fourth-order valence-electron chi connectivity index (χ4n) is 1.06. The Labute approximate surface area is 114 Å². The second kappa shape index (κ2) is 6.31. The lowest BCUT2D eigenvalue weighted by molar-refractivity contribution is 0.0902. The van der Waals surface area contributed by atoms with Crippen molar-refractivity contribution in [3.05, 3.63) is 36.8 Å². The summed E-state index contributed by atoms with van der Waals surface area (Å²) in [7, 11) is 0. The van der Waals surface area contributed by atoms with Crippen molar-refractivity contribution in [2.24, 2.45) is 0 Å². The van der Waals surface area contributed by atoms with Gasteiger partial charge in [-0.25, -0.2) is 0 Å². The van der Waals surface area contributed by atoms with Gasteiger partial charge in [0.25, 0.3) is 5.91 Å². The van der Waals surface area contributed by atoms with E-state index in [9.17, 15) is 4.79 Å². The number of rotatable bonds is 5. The molecule has 94 valence electrons. The van der Waals surface area contributed by atoms with Crippen LogP contribution in [0, 0.1) is 0 Å². The molecule has 0 bridgehead atoms. The van der Waals surface area contributed by atoms with Crippen LogP contribution < -0.4 is 10.6 Å². The molecule has 0 radical (unpaired) electrons. The van der Waals surface area contributed by atoms with E-state index >= 15 is 0 Å². The van der Waals surface area contributed by atoms with E-state index in [0.717, 1.165) is 0 Å². The number of carbonyl (C=O) groups excluding carboxylic acids is 1. The normalized spacial score (nSPS) is 13.1. The van der Waals surface area contributed by atoms with Crippen LogP contribution >= 0.6 is 34.8 Å². The number of halogens is 3. The summed E-state index contributed by atoms with van der Waals surface area (Å²) in [5, 5.41) is 5.32. The van der Waals surface area contributed by atoms with Crippen LogP contribution in [0.1, 0.15) is 10.6 Å². The van der Waals surface area contributed by atoms with Crippen molar-refractivity contribution in [1.82, 2.24) is 10.6 Å². The van der Waals surface area contributed by atoms with Gasteiger partial charge in [-0.1, -0.05) is 40.9 Å². The minimum absolute atomic E-state index is 0.143. The van der Waals surface area contributed by atoms with Crippen LogP contribution in [0.25, 0.3) is 0 Å². The topological polar surface area (TPSA) is 54.3 Å². The van der Waals surface area contributed by atoms with Crippen LogP contribution in [-0.4, -0.2) is 22.4 Å². The number of nitrogens with one attached hydrogen (secondary N) is 2. The molecule has 0 unspecified atom stereocenters. The molecule has 0 aliphatic heterocycles. The lowest BCUT2D eigenvalue weighted by atomic mass is 10.4. The SMILES string of the molecule is C=CCN[C@H](NC(=O)c1ccco1)C(Cl)(Cl)Cl. The van der Waals surface area contributed by atoms with Crippen molar-refractivity contribution >= 4 is 40.7 Å². The van der Waals surface area contributed by atoms with Crippen molar-refractivity contribution in [3.8, 4) is 0 Å². The zero-order valence-corrected chi connectivity index (χ0v) is 11.0. The second-order valence-electron chi connectivity index (χ2n) is 3.12. The molecule has 1 aromatic heterocycles. The van der Waals surface area contributed by atoms with Crippen molar-refractivity contribution in [2.75, 3.05) is 6.54 Å². The third-order valence-electron chi connectivity index (χ3n) is 1.81. The minimum atomic E-state index is -1.68. The predicted molar refractivity (Wildman–Crippen MR) is 68.5 cm³/mol. The fraction of sp³-hybridized carbons (Fsp3) is 0.300. The molecule has 0 aromatic carbocycles. The molecule has 7 heteroatoms. The smallest absolute Gasteiger partial charge is 0.288 e. The van der Waals surface area contributed by atoms with E-state index in [-0.39, 0.29) is 5.76 Å². The molecule has 0 saturated carbocycles. The average molecular weight is 298 g/mol. The molecule has 1 amide bonds. The number of hydrogen-bond donors (Lipinski definition) is 2. The Kier molecular flexibility index (Phi) is 5.33. The summed E-state index contributed by atoms with van der Waals surface area (Å²) < 4.78 is 3.25. The molecular weight excluding hydrogens is 286 g/mol. The highest BCUT2D eigenvalue weighted by molar-refractivity contribution is 6.68. The quantitative estimate of drug-likeness (QED) is 0.499. The van der Waals surface area contributed by atoms with E-state index in [2.05, 4.69) is 17.2 Å². The van der Waals surface area contributed by atoms with E-state index in [1.807, 2.05) is 0 Å². The lowest BCUT2D eigenvalue weighted by Gasteiger charge is -2.25. The summed E-state index contributed by atoms with van der Waals surface area (Å²) in [5.41, 5.74) is 0. The molecule has 0 spiro atoms. The first kappa shape index (κ1) is 14.4. The Morgan fingerprint density at radius 1 is 1.59 bits per heavy atom. The Bertz CT molecular complexity index is 373. The van der Waals surface area contributed by atoms with Gasteiger partial charge < -0.3 is 9.73 Å². The zero-order chi connectivity index (χ0) is 12.9. The van der Waals surface area contributed by atoms with Gasteiger partial charge in [0, 0.05) is 6.54 Å². The summed E-state index contributed by atoms with van der Waals surface area (Å²) in [6, 6.07) is 3.11. The number of carbonyl (C=O) groups is 1. The first-order valence-corrected chi connectivity index (χ1v) is 5.84. The van der Waals surface area contributed by atoms with Crippen LogP contribution in [0.15, 0.2) is 35.5 Å². The largest absolute Gasteiger partial charge is 0.459 e. The Morgan fingerprint density at radius 2 is 2.29 bits per heavy atom. The summed E-state index contributed by atoms with van der Waals surface area (Å²) >= 11 is 17.2. The van der Waals surface area contributed by atoms with Crippen LogP contribution in [0.4, 0.5) is 0 Å². The monoisotopic (exact) mass is 296 g/mol. The zero-order valence-electron chi connectivity index (χ0n) is 8.75. The first-order chi connectivity index (χ1) is 7.95. The van der Waals surface area contributed by atoms with Crippen molar-refractivity contribution in [2.45, 2.75) is 9.96 Å². The van der Waals surface area contributed by atoms with Gasteiger partial charge in [0.1, 0.15) is 6.17 Å². The first-order valence-electron chi connectivity index (χ1n) is 4.70. The van der Waals surface area contributed by atoms with Crippen LogP contribution in [0.2, 0.25) is 0 Å². The highest BCUT2D eigenvalue weighted by Crippen LogP contribution is 2.29. The highest BCUT2D eigenvalue weighted by Gasteiger charge is 2.33. The number of furan rings is 1. The van der Waals surface area contributed by atoms with Crippen molar-refractivity contribution in [1.29, 1.82) is 0 Å². The highest BCUT2D eigenvalue weighted by atomic mass is 35.6. The van der Waals surface area contributed by atoms with Crippen molar-refractivity contribution in [3.63, 3.8) is 0 Å². The fourth-order valence-corrected chi connectivity index (χ4v) is 1.45. The maximum Gasteiger partial charge on any atom is 0.288 e. The third kappa shape index (κ3) is 4.60. The van der Waals surface area contributed by atoms with Gasteiger partial charge in [-0.3, -0.25) is 10.1 Å². The number of amides is 1. The summed E-state index contributed by atoms with van der Waals surface area (Å²) in [4.78, 5) is 11.7. The lowest BCUT2D eigenvalue weighted by Crippen LogP contribution is -2.53. The van der Waals surface area contributed by atoms with Crippen LogP contribution in [0.5, 0.6) is 0 Å². The van der Waals surface area contributed by atoms with E-state index < -0.39 is 15.9 Å². The second-order valence-corrected chi connectivity index (χ2v) is 5.49. The van der Waals surface area contributed by atoms with Gasteiger partial charge >= 0.3 is 0 Å². The number of hydrogen-bond acceptors (Lipinski definition) is 3. The Hall–Kier alpha value is -0.680. The van der Waals surface area contributed by atoms with E-state index in [4.69, 9.17) is 39.2 Å². The van der Waals surface area contributed by atoms with E-state index in [0.29, 0.717) is 6.54 Å². The molecular formula is C10H11Cl3N2O2. The molecule has 17 heavy (non-hydrogen) atoms. The Balaban J connectivity index is 2.66. The molecule has 1 rings (SSSR count). The maximum atomic E-state index is 11.7. The van der Waals surface area contributed by atoms with Crippen LogP contribution in [0.3, 0.4) is 0 Å². The molecule has 0 aliphatic rings. The molecule has 4 nitrogen and oxygen atoms in total. The van der Waals surface area contributed by atoms with Crippen LogP contribution in [-0.2, 0) is 0 Å². The molecule has 2 N–H and O–H groups in total. The van der Waals surface area contributed by atoms with Crippen molar-refractivity contribution < 1.29 is 9.21 Å². The predicted octanol–water partition coefficient (Wildman–Crippen LogP) is 2.48. The minimum Gasteiger partial charge on any atom is -0.459 e. The third-order valence-corrected chi connectivity index (χ3v) is 2.47. The summed E-state index contributed by atoms with van der Waals surface area (Å²) in [6.45, 7) is 3.91. The molecule has 0 saturated heterocycles. The van der Waals surface area contributed by atoms with Gasteiger partial charge in [0.2, 0.25) is 3.79 Å². The van der Waals surface area contributed by atoms with E-state index in [1.54, 1.807) is 12.1 Å². The molecule has 1 heterocycles. The molecule has 0 aliphatic carbocycles. The average Bonchev–Trinajstić information content (AvgIpc) is 2.75. The summed E-state index contributed by atoms with van der Waals surface area (Å²) in [5.74, 6) is -0.326. The number of alkyl halides is 3. The van der Waals surface area contributed by atoms with E-state index in [1.165, 1.54) is 12.3 Å². The molecule has 1 atom stereocenters. The van der Waals surface area contributed by atoms with Gasteiger partial charge in [0.15, 0.2) is 5.76 Å². The molecule has 0 fully saturated rings. The molecule has 1 aromatic rings.